The number of phenols is 1. The topological polar surface area (TPSA) is 83.7 Å². The van der Waals surface area contributed by atoms with Crippen LogP contribution in [0.3, 0.4) is 0 Å². The summed E-state index contributed by atoms with van der Waals surface area (Å²) in [5.41, 5.74) is 2.99. The Kier molecular flexibility index (Phi) is 7.10. The highest BCUT2D eigenvalue weighted by Gasteiger charge is 2.04. The molecule has 3 rings (SSSR count). The van der Waals surface area contributed by atoms with Crippen LogP contribution < -0.4 is 15.4 Å². The van der Waals surface area contributed by atoms with Crippen molar-refractivity contribution in [2.75, 3.05) is 20.2 Å². The summed E-state index contributed by atoms with van der Waals surface area (Å²) >= 11 is 0. The summed E-state index contributed by atoms with van der Waals surface area (Å²) in [7, 11) is 1.60. The normalized spacial score (nSPS) is 11.3. The second-order valence-corrected chi connectivity index (χ2v) is 6.48. The molecule has 152 valence electrons. The first-order chi connectivity index (χ1) is 14.2. The van der Waals surface area contributed by atoms with Crippen LogP contribution in [0.5, 0.6) is 11.5 Å². The van der Waals surface area contributed by atoms with E-state index in [0.29, 0.717) is 18.3 Å². The minimum absolute atomic E-state index is 0.211. The quantitative estimate of drug-likeness (QED) is 0.405. The zero-order valence-electron chi connectivity index (χ0n) is 16.8. The fraction of sp³-hybridized carbons (Fsp3) is 0.273. The minimum Gasteiger partial charge on any atom is -0.508 e. The average Bonchev–Trinajstić information content (AvgIpc) is 3.28. The number of rotatable bonds is 8. The second kappa shape index (κ2) is 10.2. The van der Waals surface area contributed by atoms with Crippen LogP contribution in [0.2, 0.25) is 0 Å². The molecular weight excluding hydrogens is 366 g/mol. The smallest absolute Gasteiger partial charge is 0.191 e. The lowest BCUT2D eigenvalue weighted by Crippen LogP contribution is -2.38. The molecule has 0 amide bonds. The van der Waals surface area contributed by atoms with Crippen molar-refractivity contribution in [3.63, 3.8) is 0 Å². The Balaban J connectivity index is 1.56. The first kappa shape index (κ1) is 20.3. The molecule has 0 saturated heterocycles. The molecule has 0 aliphatic rings. The lowest BCUT2D eigenvalue weighted by atomic mass is 10.1. The molecule has 29 heavy (non-hydrogen) atoms. The van der Waals surface area contributed by atoms with Gasteiger partial charge in [0.15, 0.2) is 5.96 Å². The second-order valence-electron chi connectivity index (χ2n) is 6.48. The van der Waals surface area contributed by atoms with Crippen LogP contribution in [0, 0.1) is 0 Å². The van der Waals surface area contributed by atoms with E-state index in [1.807, 2.05) is 23.9 Å². The van der Waals surface area contributed by atoms with Crippen LogP contribution in [0.4, 0.5) is 0 Å². The number of benzene rings is 2. The number of methoxy groups -OCH3 is 1. The molecule has 0 aliphatic heterocycles. The molecule has 0 bridgehead atoms. The molecular formula is C22H27N5O2. The molecule has 0 fully saturated rings. The summed E-state index contributed by atoms with van der Waals surface area (Å²) in [6.45, 7) is 3.89. The van der Waals surface area contributed by atoms with E-state index in [9.17, 15) is 5.11 Å². The first-order valence-corrected chi connectivity index (χ1v) is 9.66. The number of aliphatic imine (C=N–C) groups is 1. The van der Waals surface area contributed by atoms with E-state index in [0.717, 1.165) is 30.8 Å². The number of guanidine groups is 1. The van der Waals surface area contributed by atoms with Crippen LogP contribution in [-0.2, 0) is 13.0 Å². The number of aromatic nitrogens is 2. The maximum Gasteiger partial charge on any atom is 0.191 e. The van der Waals surface area contributed by atoms with Gasteiger partial charge in [-0.15, -0.1) is 0 Å². The monoisotopic (exact) mass is 393 g/mol. The molecule has 0 atom stereocenters. The van der Waals surface area contributed by atoms with E-state index < -0.39 is 0 Å². The largest absolute Gasteiger partial charge is 0.508 e. The molecule has 7 heteroatoms. The van der Waals surface area contributed by atoms with Crippen molar-refractivity contribution in [1.29, 1.82) is 0 Å². The lowest BCUT2D eigenvalue weighted by Gasteiger charge is -2.12. The fourth-order valence-electron chi connectivity index (χ4n) is 2.88. The van der Waals surface area contributed by atoms with Crippen LogP contribution in [-0.4, -0.2) is 41.0 Å². The van der Waals surface area contributed by atoms with Crippen LogP contribution in [0.15, 0.2) is 65.9 Å². The van der Waals surface area contributed by atoms with Gasteiger partial charge >= 0.3 is 0 Å². The zero-order valence-corrected chi connectivity index (χ0v) is 16.8. The summed E-state index contributed by atoms with van der Waals surface area (Å²) in [6, 6.07) is 15.4. The number of nitrogens with zero attached hydrogens (tertiary/aromatic N) is 3. The first-order valence-electron chi connectivity index (χ1n) is 9.66. The lowest BCUT2D eigenvalue weighted by molar-refractivity contribution is 0.411. The summed E-state index contributed by atoms with van der Waals surface area (Å²) in [4.78, 5) is 4.57. The van der Waals surface area contributed by atoms with E-state index in [2.05, 4.69) is 45.0 Å². The maximum absolute atomic E-state index is 10.0. The van der Waals surface area contributed by atoms with E-state index in [4.69, 9.17) is 4.74 Å². The van der Waals surface area contributed by atoms with Gasteiger partial charge in [0.2, 0.25) is 0 Å². The van der Waals surface area contributed by atoms with Crippen molar-refractivity contribution in [2.24, 2.45) is 4.99 Å². The van der Waals surface area contributed by atoms with Gasteiger partial charge in [-0.25, -0.2) is 9.67 Å². The SMILES string of the molecule is CCNC(=NCc1cc(OC)ccc1O)NCCc1ccc(-n2cccn2)cc1. The van der Waals surface area contributed by atoms with Crippen molar-refractivity contribution >= 4 is 5.96 Å². The van der Waals surface area contributed by atoms with Gasteiger partial charge in [-0.2, -0.15) is 5.10 Å². The molecule has 1 heterocycles. The Hall–Kier alpha value is -3.48. The highest BCUT2D eigenvalue weighted by Crippen LogP contribution is 2.23. The summed E-state index contributed by atoms with van der Waals surface area (Å²) < 4.78 is 7.05. The Morgan fingerprint density at radius 2 is 2.00 bits per heavy atom. The molecule has 2 aromatic carbocycles. The number of aromatic hydroxyl groups is 1. The van der Waals surface area contributed by atoms with Gasteiger partial charge < -0.3 is 20.5 Å². The number of nitrogens with one attached hydrogen (secondary N) is 2. The van der Waals surface area contributed by atoms with Gasteiger partial charge in [-0.3, -0.25) is 0 Å². The maximum atomic E-state index is 10.0. The van der Waals surface area contributed by atoms with Gasteiger partial charge in [-0.05, 0) is 55.3 Å². The Bertz CT molecular complexity index is 921. The van der Waals surface area contributed by atoms with Crippen molar-refractivity contribution in [3.05, 3.63) is 72.1 Å². The van der Waals surface area contributed by atoms with Gasteiger partial charge in [0.1, 0.15) is 11.5 Å². The molecule has 0 unspecified atom stereocenters. The van der Waals surface area contributed by atoms with Crippen molar-refractivity contribution in [2.45, 2.75) is 19.9 Å². The highest BCUT2D eigenvalue weighted by atomic mass is 16.5. The van der Waals surface area contributed by atoms with Gasteiger partial charge in [0.05, 0.1) is 19.3 Å². The number of hydrogen-bond donors (Lipinski definition) is 3. The Morgan fingerprint density at radius 3 is 2.69 bits per heavy atom. The number of hydrogen-bond acceptors (Lipinski definition) is 4. The van der Waals surface area contributed by atoms with Gasteiger partial charge in [0.25, 0.3) is 0 Å². The standard InChI is InChI=1S/C22H27N5O2/c1-3-23-22(25-16-18-15-20(29-2)9-10-21(18)28)24-13-11-17-5-7-19(8-6-17)27-14-4-12-26-27/h4-10,12,14-15,28H,3,11,13,16H2,1-2H3,(H2,23,24,25). The molecule has 0 spiro atoms. The number of phenolic OH excluding ortho intramolecular Hbond substituents is 1. The number of ether oxygens (including phenoxy) is 1. The fourth-order valence-corrected chi connectivity index (χ4v) is 2.88. The summed E-state index contributed by atoms with van der Waals surface area (Å²) in [5.74, 6) is 1.62. The summed E-state index contributed by atoms with van der Waals surface area (Å²) in [6.07, 6.45) is 4.56. The molecule has 1 aromatic heterocycles. The third kappa shape index (κ3) is 5.75. The Morgan fingerprint density at radius 1 is 1.17 bits per heavy atom. The van der Waals surface area contributed by atoms with Crippen molar-refractivity contribution < 1.29 is 9.84 Å². The minimum atomic E-state index is 0.211. The van der Waals surface area contributed by atoms with E-state index in [-0.39, 0.29) is 5.75 Å². The van der Waals surface area contributed by atoms with E-state index in [1.54, 1.807) is 31.5 Å². The van der Waals surface area contributed by atoms with Crippen LogP contribution >= 0.6 is 0 Å². The summed E-state index contributed by atoms with van der Waals surface area (Å²) in [5, 5.41) is 20.8. The zero-order chi connectivity index (χ0) is 20.5. The van der Waals surface area contributed by atoms with E-state index in [1.165, 1.54) is 5.56 Å². The Labute approximate surface area is 171 Å². The molecule has 3 N–H and O–H groups in total. The molecule has 0 saturated carbocycles. The molecule has 7 nitrogen and oxygen atoms in total. The van der Waals surface area contributed by atoms with Gasteiger partial charge in [0, 0.05) is 31.0 Å². The molecule has 3 aromatic rings. The van der Waals surface area contributed by atoms with Gasteiger partial charge in [-0.1, -0.05) is 12.1 Å². The van der Waals surface area contributed by atoms with Crippen LogP contribution in [0.25, 0.3) is 5.69 Å². The predicted molar refractivity (Wildman–Crippen MR) is 115 cm³/mol. The van der Waals surface area contributed by atoms with Crippen molar-refractivity contribution in [3.8, 4) is 17.2 Å². The third-order valence-corrected chi connectivity index (χ3v) is 4.45. The third-order valence-electron chi connectivity index (χ3n) is 4.45. The van der Waals surface area contributed by atoms with Crippen molar-refractivity contribution in [1.82, 2.24) is 20.4 Å². The molecule has 0 radical (unpaired) electrons. The molecule has 0 aliphatic carbocycles. The van der Waals surface area contributed by atoms with Crippen LogP contribution in [0.1, 0.15) is 18.1 Å². The predicted octanol–water partition coefficient (Wildman–Crippen LogP) is 2.88. The highest BCUT2D eigenvalue weighted by molar-refractivity contribution is 5.79. The average molecular weight is 393 g/mol. The van der Waals surface area contributed by atoms with E-state index >= 15 is 0 Å².